The van der Waals surface area contributed by atoms with Crippen molar-refractivity contribution in [1.29, 1.82) is 0 Å². The van der Waals surface area contributed by atoms with Gasteiger partial charge in [-0.1, -0.05) is 12.1 Å². The quantitative estimate of drug-likeness (QED) is 0.185. The molecule has 0 amide bonds. The predicted molar refractivity (Wildman–Crippen MR) is 142 cm³/mol. The van der Waals surface area contributed by atoms with Crippen molar-refractivity contribution < 1.29 is 32.5 Å². The maximum Gasteiger partial charge on any atom is 0.278 e. The molecule has 0 radical (unpaired) electrons. The molecule has 13 heteroatoms. The summed E-state index contributed by atoms with van der Waals surface area (Å²) in [4.78, 5) is 11.9. The van der Waals surface area contributed by atoms with Crippen LogP contribution in [0.4, 0.5) is 17.3 Å². The van der Waals surface area contributed by atoms with E-state index in [1.54, 1.807) is 43.5 Å². The molecule has 38 heavy (non-hydrogen) atoms. The number of aryl methyl sites for hydroxylation is 1. The number of nitrogens with one attached hydrogen (secondary N) is 3. The van der Waals surface area contributed by atoms with Crippen LogP contribution < -0.4 is 24.2 Å². The number of nitrogens with zero attached hydrogens (tertiary/aromatic N) is 2. The van der Waals surface area contributed by atoms with E-state index in [0.717, 1.165) is 5.56 Å². The lowest BCUT2D eigenvalue weighted by Gasteiger charge is -2.19. The summed E-state index contributed by atoms with van der Waals surface area (Å²) in [6, 6.07) is 11.9. The number of H-pyrrole nitrogens is 1. The number of sulfonamides is 1. The van der Waals surface area contributed by atoms with Gasteiger partial charge in [0.1, 0.15) is 12.4 Å². The van der Waals surface area contributed by atoms with Crippen LogP contribution in [0.2, 0.25) is 0 Å². The molecule has 0 aliphatic heterocycles. The average Bonchev–Trinajstić information content (AvgIpc) is 3.36. The Balaban J connectivity index is 1.75. The predicted octanol–water partition coefficient (Wildman–Crippen LogP) is 3.22. The van der Waals surface area contributed by atoms with Gasteiger partial charge < -0.3 is 34.4 Å². The van der Waals surface area contributed by atoms with E-state index in [1.807, 2.05) is 6.07 Å². The number of anilines is 3. The standard InChI is InChI=1S/C25H29N5O7S/c1-16-12-22(26-15-16)38(32,33)30-25-24(27-18-6-4-5-7-19(18)28-25)29-20-13-17(34-2)14-21(35-3)23(20)37-11-10-36-9-8-31/h4-7,12-15,26,31H,8-11H2,1-3H3,(H,27,29)(H,28,30). The van der Waals surface area contributed by atoms with E-state index in [-0.39, 0.29) is 43.1 Å². The number of aliphatic hydroxyl groups excluding tert-OH is 1. The maximum atomic E-state index is 13.1. The first-order valence-electron chi connectivity index (χ1n) is 11.6. The molecule has 0 spiro atoms. The molecule has 4 aromatic rings. The van der Waals surface area contributed by atoms with E-state index in [9.17, 15) is 8.42 Å². The Kier molecular flexibility index (Phi) is 8.51. The van der Waals surface area contributed by atoms with E-state index < -0.39 is 10.0 Å². The third kappa shape index (κ3) is 6.25. The molecule has 2 aromatic carbocycles. The zero-order valence-electron chi connectivity index (χ0n) is 21.1. The third-order valence-corrected chi connectivity index (χ3v) is 6.62. The van der Waals surface area contributed by atoms with Crippen LogP contribution >= 0.6 is 0 Å². The molecule has 4 N–H and O–H groups in total. The normalized spacial score (nSPS) is 11.4. The zero-order valence-corrected chi connectivity index (χ0v) is 22.0. The van der Waals surface area contributed by atoms with Gasteiger partial charge in [-0.25, -0.2) is 9.97 Å². The van der Waals surface area contributed by atoms with Crippen LogP contribution in [0.1, 0.15) is 5.56 Å². The van der Waals surface area contributed by atoms with Crippen molar-refractivity contribution >= 4 is 38.4 Å². The van der Waals surface area contributed by atoms with Gasteiger partial charge in [-0.05, 0) is 30.7 Å². The fourth-order valence-electron chi connectivity index (χ4n) is 3.56. The van der Waals surface area contributed by atoms with Crippen molar-refractivity contribution in [3.05, 3.63) is 54.2 Å². The Bertz CT molecular complexity index is 1510. The summed E-state index contributed by atoms with van der Waals surface area (Å²) >= 11 is 0. The number of aliphatic hydroxyl groups is 1. The first kappa shape index (κ1) is 27.0. The monoisotopic (exact) mass is 543 g/mol. The highest BCUT2D eigenvalue weighted by Gasteiger charge is 2.22. The van der Waals surface area contributed by atoms with Gasteiger partial charge in [0.15, 0.2) is 28.2 Å². The lowest BCUT2D eigenvalue weighted by Crippen LogP contribution is -2.16. The van der Waals surface area contributed by atoms with Crippen LogP contribution in [0, 0.1) is 6.92 Å². The molecule has 2 aromatic heterocycles. The van der Waals surface area contributed by atoms with Gasteiger partial charge in [-0.3, -0.25) is 4.72 Å². The van der Waals surface area contributed by atoms with E-state index in [2.05, 4.69) is 25.0 Å². The van der Waals surface area contributed by atoms with Crippen LogP contribution in [-0.2, 0) is 14.8 Å². The third-order valence-electron chi connectivity index (χ3n) is 5.34. The molecule has 0 saturated heterocycles. The number of hydrogen-bond donors (Lipinski definition) is 4. The molecule has 4 rings (SSSR count). The fraction of sp³-hybridized carbons (Fsp3) is 0.280. The molecule has 12 nitrogen and oxygen atoms in total. The second-order valence-electron chi connectivity index (χ2n) is 8.07. The number of para-hydroxylation sites is 2. The number of fused-ring (bicyclic) bond motifs is 1. The molecule has 2 heterocycles. The Morgan fingerprint density at radius 3 is 2.34 bits per heavy atom. The van der Waals surface area contributed by atoms with Crippen LogP contribution in [0.3, 0.4) is 0 Å². The number of rotatable bonds is 13. The summed E-state index contributed by atoms with van der Waals surface area (Å²) in [6.07, 6.45) is 1.59. The number of methoxy groups -OCH3 is 2. The van der Waals surface area contributed by atoms with E-state index in [4.69, 9.17) is 24.1 Å². The number of aromatic nitrogens is 3. The summed E-state index contributed by atoms with van der Waals surface area (Å²) in [6.45, 7) is 2.26. The molecule has 0 aliphatic carbocycles. The highest BCUT2D eigenvalue weighted by molar-refractivity contribution is 7.92. The SMILES string of the molecule is COc1cc(Nc2nc3ccccc3nc2NS(=O)(=O)c2cc(C)c[nH]2)c(OCCOCCO)c(OC)c1. The summed E-state index contributed by atoms with van der Waals surface area (Å²) in [5.41, 5.74) is 2.20. The largest absolute Gasteiger partial charge is 0.497 e. The second-order valence-corrected chi connectivity index (χ2v) is 9.72. The molecule has 202 valence electrons. The molecule has 0 fully saturated rings. The number of hydrogen-bond acceptors (Lipinski definition) is 10. The number of benzene rings is 2. The minimum atomic E-state index is -4.00. The Morgan fingerprint density at radius 2 is 1.71 bits per heavy atom. The van der Waals surface area contributed by atoms with Gasteiger partial charge in [0.2, 0.25) is 0 Å². The van der Waals surface area contributed by atoms with Crippen molar-refractivity contribution in [3.63, 3.8) is 0 Å². The van der Waals surface area contributed by atoms with E-state index in [0.29, 0.717) is 34.0 Å². The van der Waals surface area contributed by atoms with Crippen molar-refractivity contribution in [3.8, 4) is 17.2 Å². The summed E-state index contributed by atoms with van der Waals surface area (Å²) < 4.78 is 50.9. The van der Waals surface area contributed by atoms with Gasteiger partial charge in [0.25, 0.3) is 10.0 Å². The van der Waals surface area contributed by atoms with Crippen LogP contribution in [0.5, 0.6) is 17.2 Å². The summed E-state index contributed by atoms with van der Waals surface area (Å²) in [5.74, 6) is 1.27. The first-order valence-corrected chi connectivity index (χ1v) is 13.1. The van der Waals surface area contributed by atoms with Gasteiger partial charge in [-0.2, -0.15) is 8.42 Å². The molecular formula is C25H29N5O7S. The smallest absolute Gasteiger partial charge is 0.278 e. The fourth-order valence-corrected chi connectivity index (χ4v) is 4.62. The van der Waals surface area contributed by atoms with Crippen molar-refractivity contribution in [2.24, 2.45) is 0 Å². The maximum absolute atomic E-state index is 13.1. The second kappa shape index (κ2) is 12.0. The minimum Gasteiger partial charge on any atom is -0.497 e. The Morgan fingerprint density at radius 1 is 0.974 bits per heavy atom. The van der Waals surface area contributed by atoms with Gasteiger partial charge in [0.05, 0.1) is 50.8 Å². The van der Waals surface area contributed by atoms with E-state index >= 15 is 0 Å². The molecular weight excluding hydrogens is 514 g/mol. The molecule has 0 unspecified atom stereocenters. The highest BCUT2D eigenvalue weighted by Crippen LogP contribution is 2.41. The van der Waals surface area contributed by atoms with Crippen LogP contribution in [0.15, 0.2) is 53.7 Å². The van der Waals surface area contributed by atoms with Crippen molar-refractivity contribution in [1.82, 2.24) is 15.0 Å². The average molecular weight is 544 g/mol. The lowest BCUT2D eigenvalue weighted by atomic mass is 10.2. The molecule has 0 aliphatic rings. The van der Waals surface area contributed by atoms with E-state index in [1.165, 1.54) is 20.3 Å². The van der Waals surface area contributed by atoms with Gasteiger partial charge in [0, 0.05) is 18.3 Å². The topological polar surface area (TPSA) is 157 Å². The number of ether oxygens (including phenoxy) is 4. The lowest BCUT2D eigenvalue weighted by molar-refractivity contribution is 0.0700. The molecule has 0 saturated carbocycles. The van der Waals surface area contributed by atoms with Crippen molar-refractivity contribution in [2.75, 3.05) is 50.7 Å². The minimum absolute atomic E-state index is 0.00846. The molecule has 0 bridgehead atoms. The van der Waals surface area contributed by atoms with Gasteiger partial charge >= 0.3 is 0 Å². The molecule has 0 atom stereocenters. The Hall–Kier alpha value is -4.07. The summed E-state index contributed by atoms with van der Waals surface area (Å²) in [7, 11) is -1.00. The first-order chi connectivity index (χ1) is 18.3. The van der Waals surface area contributed by atoms with Gasteiger partial charge in [-0.15, -0.1) is 0 Å². The van der Waals surface area contributed by atoms with Crippen LogP contribution in [0.25, 0.3) is 11.0 Å². The summed E-state index contributed by atoms with van der Waals surface area (Å²) in [5, 5.41) is 12.0. The Labute approximate surface area is 220 Å². The number of aromatic amines is 1. The van der Waals surface area contributed by atoms with Crippen LogP contribution in [-0.4, -0.2) is 69.1 Å². The zero-order chi connectivity index (χ0) is 27.1. The van der Waals surface area contributed by atoms with Crippen molar-refractivity contribution in [2.45, 2.75) is 11.9 Å². The highest BCUT2D eigenvalue weighted by atomic mass is 32.2.